The number of amides is 3. The number of rotatable bonds is 3. The Bertz CT molecular complexity index is 636. The van der Waals surface area contributed by atoms with Crippen molar-refractivity contribution < 1.29 is 19.2 Å². The smallest absolute Gasteiger partial charge is 0.239 e. The Labute approximate surface area is 173 Å². The van der Waals surface area contributed by atoms with E-state index in [1.54, 1.807) is 7.05 Å². The molecule has 0 unspecified atom stereocenters. The molecular weight excluding hydrogens is 372 g/mol. The minimum Gasteiger partial charge on any atom is -0.369 e. The molecule has 2 aliphatic rings. The van der Waals surface area contributed by atoms with Crippen LogP contribution in [0.4, 0.5) is 0 Å². The maximum absolute atomic E-state index is 13.1. The highest BCUT2D eigenvalue weighted by Gasteiger charge is 2.37. The average Bonchev–Trinajstić information content (AvgIpc) is 2.99. The molecule has 2 rings (SSSR count). The molecule has 8 heteroatoms. The molecule has 29 heavy (non-hydrogen) atoms. The second-order valence-corrected chi connectivity index (χ2v) is 9.13. The molecule has 0 aromatic heterocycles. The number of fused-ring (bicyclic) bond motifs is 2. The Balaban J connectivity index is 2.28. The van der Waals surface area contributed by atoms with Crippen LogP contribution in [0.2, 0.25) is 0 Å². The van der Waals surface area contributed by atoms with Crippen LogP contribution in [-0.2, 0) is 19.2 Å². The average molecular weight is 409 g/mol. The zero-order valence-corrected chi connectivity index (χ0v) is 17.9. The molecule has 0 aromatic rings. The third-order valence-corrected chi connectivity index (χ3v) is 6.22. The third-order valence-electron chi connectivity index (χ3n) is 6.22. The first kappa shape index (κ1) is 23.3. The minimum absolute atomic E-state index is 0.0603. The second kappa shape index (κ2) is 10.2. The van der Waals surface area contributed by atoms with Gasteiger partial charge in [0.15, 0.2) is 5.78 Å². The number of carbonyl (C=O) groups excluding carboxylic acids is 4. The number of ketones is 1. The van der Waals surface area contributed by atoms with Crippen LogP contribution < -0.4 is 16.8 Å². The monoisotopic (exact) mass is 408 g/mol. The van der Waals surface area contributed by atoms with Gasteiger partial charge >= 0.3 is 0 Å². The predicted octanol–water partition coefficient (Wildman–Crippen LogP) is 0.716. The first-order valence-corrected chi connectivity index (χ1v) is 10.7. The number of nitrogens with zero attached hydrogens (tertiary/aromatic N) is 1. The summed E-state index contributed by atoms with van der Waals surface area (Å²) in [6, 6.07) is -1.25. The van der Waals surface area contributed by atoms with Gasteiger partial charge in [-0.3, -0.25) is 19.2 Å². The molecule has 5 atom stereocenters. The fraction of sp³-hybridized carbons (Fsp3) is 0.810. The summed E-state index contributed by atoms with van der Waals surface area (Å²) in [4.78, 5) is 51.7. The fourth-order valence-electron chi connectivity index (χ4n) is 4.49. The Morgan fingerprint density at radius 1 is 1.17 bits per heavy atom. The van der Waals surface area contributed by atoms with E-state index in [0.29, 0.717) is 19.3 Å². The Morgan fingerprint density at radius 2 is 1.83 bits per heavy atom. The molecule has 0 spiro atoms. The van der Waals surface area contributed by atoms with Crippen LogP contribution >= 0.6 is 0 Å². The molecular formula is C21H36N4O4. The zero-order chi connectivity index (χ0) is 21.7. The summed E-state index contributed by atoms with van der Waals surface area (Å²) >= 11 is 0. The number of primary amides is 1. The van der Waals surface area contributed by atoms with Crippen molar-refractivity contribution in [1.29, 1.82) is 0 Å². The van der Waals surface area contributed by atoms with Gasteiger partial charge in [-0.25, -0.2) is 0 Å². The summed E-state index contributed by atoms with van der Waals surface area (Å²) in [6.45, 7) is 3.96. The van der Waals surface area contributed by atoms with Crippen molar-refractivity contribution >= 4 is 23.5 Å². The van der Waals surface area contributed by atoms with Crippen LogP contribution in [-0.4, -0.2) is 53.6 Å². The minimum atomic E-state index is -0.714. The lowest BCUT2D eigenvalue weighted by molar-refractivity contribution is -0.140. The van der Waals surface area contributed by atoms with Crippen molar-refractivity contribution in [1.82, 2.24) is 10.2 Å². The maximum atomic E-state index is 13.1. The predicted molar refractivity (Wildman–Crippen MR) is 109 cm³/mol. The summed E-state index contributed by atoms with van der Waals surface area (Å²) in [5, 5.41) is 2.99. The first-order valence-electron chi connectivity index (χ1n) is 10.7. The Hall–Kier alpha value is -1.96. The molecule has 164 valence electrons. The van der Waals surface area contributed by atoms with Crippen molar-refractivity contribution in [2.24, 2.45) is 29.2 Å². The van der Waals surface area contributed by atoms with Crippen molar-refractivity contribution in [3.05, 3.63) is 0 Å². The lowest BCUT2D eigenvalue weighted by atomic mass is 9.85. The molecule has 2 fully saturated rings. The van der Waals surface area contributed by atoms with E-state index in [9.17, 15) is 19.2 Å². The molecule has 2 saturated heterocycles. The SMILES string of the molecule is CC(C)C[C@H]1C(=O)C[C@H](C(N)=O)C[C@@H]2C[C@@H](CCCC[C@H](N)C(=O)N1C)NC2=O. The van der Waals surface area contributed by atoms with Gasteiger partial charge < -0.3 is 21.7 Å². The fourth-order valence-corrected chi connectivity index (χ4v) is 4.49. The van der Waals surface area contributed by atoms with Crippen LogP contribution in [0.15, 0.2) is 0 Å². The van der Waals surface area contributed by atoms with E-state index >= 15 is 0 Å². The topological polar surface area (TPSA) is 136 Å². The van der Waals surface area contributed by atoms with E-state index in [0.717, 1.165) is 19.3 Å². The lowest BCUT2D eigenvalue weighted by Crippen LogP contribution is -2.50. The number of carbonyl (C=O) groups is 4. The van der Waals surface area contributed by atoms with Gasteiger partial charge in [0, 0.05) is 31.3 Å². The molecule has 0 aliphatic carbocycles. The second-order valence-electron chi connectivity index (χ2n) is 9.13. The van der Waals surface area contributed by atoms with E-state index in [1.165, 1.54) is 4.90 Å². The van der Waals surface area contributed by atoms with Crippen molar-refractivity contribution in [3.8, 4) is 0 Å². The van der Waals surface area contributed by atoms with E-state index in [2.05, 4.69) is 5.32 Å². The van der Waals surface area contributed by atoms with Crippen LogP contribution in [0.1, 0.15) is 65.2 Å². The standard InChI is InChI=1S/C21H36N4O4/c1-12(2)8-17-18(26)11-13(19(23)27)9-14-10-15(24-20(14)28)6-4-5-7-16(22)21(29)25(17)3/h12-17H,4-11,22H2,1-3H3,(H2,23,27)(H,24,28)/t13-,14-,15-,16+,17+/m1/s1. The van der Waals surface area contributed by atoms with Crippen LogP contribution in [0, 0.1) is 17.8 Å². The largest absolute Gasteiger partial charge is 0.369 e. The molecule has 5 N–H and O–H groups in total. The molecule has 2 heterocycles. The van der Waals surface area contributed by atoms with Gasteiger partial charge in [0.05, 0.1) is 12.1 Å². The summed E-state index contributed by atoms with van der Waals surface area (Å²) in [6.07, 6.45) is 4.35. The highest BCUT2D eigenvalue weighted by Crippen LogP contribution is 2.28. The van der Waals surface area contributed by atoms with Gasteiger partial charge in [-0.1, -0.05) is 26.7 Å². The van der Waals surface area contributed by atoms with Crippen molar-refractivity contribution in [2.45, 2.75) is 83.3 Å². The molecule has 0 aromatic carbocycles. The van der Waals surface area contributed by atoms with Crippen molar-refractivity contribution in [3.63, 3.8) is 0 Å². The molecule has 3 amide bonds. The third kappa shape index (κ3) is 6.26. The van der Waals surface area contributed by atoms with Gasteiger partial charge in [0.2, 0.25) is 17.7 Å². The highest BCUT2D eigenvalue weighted by atomic mass is 16.2. The number of Topliss-reactive ketones (excluding diaryl/α,β-unsaturated/α-hetero) is 1. The number of nitrogens with one attached hydrogen (secondary N) is 1. The Morgan fingerprint density at radius 3 is 2.45 bits per heavy atom. The summed E-state index contributed by atoms with van der Waals surface area (Å²) < 4.78 is 0. The number of hydrogen-bond acceptors (Lipinski definition) is 5. The van der Waals surface area contributed by atoms with Gasteiger partial charge in [-0.15, -0.1) is 0 Å². The van der Waals surface area contributed by atoms with E-state index in [1.807, 2.05) is 13.8 Å². The number of likely N-dealkylation sites (N-methyl/N-ethyl adjacent to an activating group) is 1. The normalized spacial score (nSPS) is 32.7. The van der Waals surface area contributed by atoms with Gasteiger partial charge in [0.1, 0.15) is 0 Å². The molecule has 2 bridgehead atoms. The molecule has 0 saturated carbocycles. The summed E-state index contributed by atoms with van der Waals surface area (Å²) in [5.41, 5.74) is 11.7. The van der Waals surface area contributed by atoms with Crippen LogP contribution in [0.3, 0.4) is 0 Å². The molecule has 8 nitrogen and oxygen atoms in total. The van der Waals surface area contributed by atoms with E-state index < -0.39 is 23.9 Å². The zero-order valence-electron chi connectivity index (χ0n) is 17.9. The quantitative estimate of drug-likeness (QED) is 0.632. The van der Waals surface area contributed by atoms with Crippen LogP contribution in [0.25, 0.3) is 0 Å². The number of hydrogen-bond donors (Lipinski definition) is 3. The maximum Gasteiger partial charge on any atom is 0.239 e. The van der Waals surface area contributed by atoms with E-state index in [4.69, 9.17) is 11.5 Å². The number of nitrogens with two attached hydrogens (primary N) is 2. The van der Waals surface area contributed by atoms with E-state index in [-0.39, 0.29) is 48.3 Å². The van der Waals surface area contributed by atoms with Crippen molar-refractivity contribution in [2.75, 3.05) is 7.05 Å². The first-order chi connectivity index (χ1) is 13.6. The summed E-state index contributed by atoms with van der Waals surface area (Å²) in [5.74, 6) is -1.92. The van der Waals surface area contributed by atoms with Gasteiger partial charge in [-0.05, 0) is 38.0 Å². The summed E-state index contributed by atoms with van der Waals surface area (Å²) in [7, 11) is 1.61. The van der Waals surface area contributed by atoms with Gasteiger partial charge in [-0.2, -0.15) is 0 Å². The highest BCUT2D eigenvalue weighted by molar-refractivity contribution is 5.93. The van der Waals surface area contributed by atoms with Gasteiger partial charge in [0.25, 0.3) is 0 Å². The molecule has 2 aliphatic heterocycles. The lowest BCUT2D eigenvalue weighted by Gasteiger charge is -2.31. The van der Waals surface area contributed by atoms with Crippen LogP contribution in [0.5, 0.6) is 0 Å². The molecule has 0 radical (unpaired) electrons. The Kier molecular flexibility index (Phi) is 8.19.